The molecule has 0 aromatic carbocycles. The molecule has 0 heterocycles. The number of hydrogen-bond acceptors (Lipinski definition) is 3. The van der Waals surface area contributed by atoms with Gasteiger partial charge in [-0.15, -0.1) is 0 Å². The van der Waals surface area contributed by atoms with Gasteiger partial charge in [-0.1, -0.05) is 19.8 Å². The van der Waals surface area contributed by atoms with Crippen molar-refractivity contribution >= 4 is 0 Å². The molecule has 1 aliphatic rings. The summed E-state index contributed by atoms with van der Waals surface area (Å²) < 4.78 is 0. The van der Waals surface area contributed by atoms with Crippen molar-refractivity contribution in [3.63, 3.8) is 0 Å². The van der Waals surface area contributed by atoms with E-state index in [0.717, 1.165) is 32.0 Å². The van der Waals surface area contributed by atoms with Crippen LogP contribution in [0.4, 0.5) is 0 Å². The van der Waals surface area contributed by atoms with Crippen LogP contribution in [0, 0.1) is 11.3 Å². The molecular weight excluding hydrogens is 210 g/mol. The maximum Gasteiger partial charge on any atom is 0.105 e. The topological polar surface area (TPSA) is 39.1 Å². The first-order valence-corrected chi connectivity index (χ1v) is 6.98. The minimum absolute atomic E-state index is 0.358. The van der Waals surface area contributed by atoms with E-state index in [1.807, 2.05) is 6.92 Å². The van der Waals surface area contributed by atoms with Gasteiger partial charge >= 0.3 is 0 Å². The summed E-state index contributed by atoms with van der Waals surface area (Å²) in [5.74, 6) is 0. The largest absolute Gasteiger partial charge is 0.303 e. The van der Waals surface area contributed by atoms with Crippen LogP contribution in [-0.2, 0) is 0 Å². The van der Waals surface area contributed by atoms with E-state index >= 15 is 0 Å². The quantitative estimate of drug-likeness (QED) is 0.739. The summed E-state index contributed by atoms with van der Waals surface area (Å²) in [6, 6.07) is 3.18. The monoisotopic (exact) mass is 237 g/mol. The lowest BCUT2D eigenvalue weighted by Crippen LogP contribution is -2.44. The zero-order chi connectivity index (χ0) is 12.7. The van der Waals surface area contributed by atoms with Crippen LogP contribution in [0.15, 0.2) is 0 Å². The van der Waals surface area contributed by atoms with Gasteiger partial charge in [0.05, 0.1) is 6.07 Å². The summed E-state index contributed by atoms with van der Waals surface area (Å²) in [5, 5.41) is 12.6. The highest BCUT2D eigenvalue weighted by Crippen LogP contribution is 2.23. The zero-order valence-electron chi connectivity index (χ0n) is 11.6. The van der Waals surface area contributed by atoms with E-state index in [0.29, 0.717) is 0 Å². The molecule has 0 bridgehead atoms. The van der Waals surface area contributed by atoms with E-state index in [1.54, 1.807) is 0 Å². The highest BCUT2D eigenvalue weighted by Gasteiger charge is 2.25. The molecule has 98 valence electrons. The summed E-state index contributed by atoms with van der Waals surface area (Å²) in [5.41, 5.74) is -0.358. The molecule has 0 saturated heterocycles. The molecule has 3 nitrogen and oxygen atoms in total. The SMILES string of the molecule is CCCNC(C)(C#N)CCN(C)C1CCCC1. The van der Waals surface area contributed by atoms with Crippen molar-refractivity contribution in [3.05, 3.63) is 0 Å². The molecule has 1 N–H and O–H groups in total. The van der Waals surface area contributed by atoms with Gasteiger partial charge in [0.1, 0.15) is 5.54 Å². The van der Waals surface area contributed by atoms with E-state index in [4.69, 9.17) is 0 Å². The number of nitrogens with zero attached hydrogens (tertiary/aromatic N) is 2. The maximum atomic E-state index is 9.26. The van der Waals surface area contributed by atoms with Gasteiger partial charge in [-0.05, 0) is 46.2 Å². The molecule has 0 radical (unpaired) electrons. The third-order valence-electron chi connectivity index (χ3n) is 3.92. The van der Waals surface area contributed by atoms with Crippen LogP contribution in [0.5, 0.6) is 0 Å². The van der Waals surface area contributed by atoms with Gasteiger partial charge in [-0.3, -0.25) is 5.32 Å². The number of nitriles is 1. The lowest BCUT2D eigenvalue weighted by molar-refractivity contribution is 0.222. The van der Waals surface area contributed by atoms with Crippen molar-refractivity contribution < 1.29 is 0 Å². The van der Waals surface area contributed by atoms with Gasteiger partial charge in [0.15, 0.2) is 0 Å². The van der Waals surface area contributed by atoms with Gasteiger partial charge < -0.3 is 4.90 Å². The van der Waals surface area contributed by atoms with Gasteiger partial charge in [0.2, 0.25) is 0 Å². The first kappa shape index (κ1) is 14.5. The lowest BCUT2D eigenvalue weighted by Gasteiger charge is -2.29. The van der Waals surface area contributed by atoms with Crippen LogP contribution in [-0.4, -0.2) is 36.6 Å². The average Bonchev–Trinajstić information content (AvgIpc) is 2.87. The van der Waals surface area contributed by atoms with E-state index < -0.39 is 0 Å². The molecular formula is C14H27N3. The normalized spacial score (nSPS) is 20.4. The average molecular weight is 237 g/mol. The molecule has 1 aliphatic carbocycles. The highest BCUT2D eigenvalue weighted by atomic mass is 15.1. The summed E-state index contributed by atoms with van der Waals surface area (Å²) >= 11 is 0. The molecule has 1 rings (SSSR count). The predicted octanol–water partition coefficient (Wildman–Crippen LogP) is 2.53. The first-order valence-electron chi connectivity index (χ1n) is 6.98. The van der Waals surface area contributed by atoms with Gasteiger partial charge in [-0.25, -0.2) is 0 Å². The summed E-state index contributed by atoms with van der Waals surface area (Å²) in [6.45, 7) is 6.10. The maximum absolute atomic E-state index is 9.26. The van der Waals surface area contributed by atoms with Gasteiger partial charge in [0, 0.05) is 12.6 Å². The van der Waals surface area contributed by atoms with Crippen molar-refractivity contribution in [2.45, 2.75) is 64.0 Å². The van der Waals surface area contributed by atoms with Crippen LogP contribution < -0.4 is 5.32 Å². The predicted molar refractivity (Wildman–Crippen MR) is 71.8 cm³/mol. The van der Waals surface area contributed by atoms with E-state index in [9.17, 15) is 5.26 Å². The fourth-order valence-corrected chi connectivity index (χ4v) is 2.51. The van der Waals surface area contributed by atoms with E-state index in [-0.39, 0.29) is 5.54 Å². The Morgan fingerprint density at radius 2 is 2.06 bits per heavy atom. The van der Waals surface area contributed by atoms with E-state index in [2.05, 4.69) is 30.3 Å². The number of rotatable bonds is 7. The molecule has 0 amide bonds. The molecule has 17 heavy (non-hydrogen) atoms. The summed E-state index contributed by atoms with van der Waals surface area (Å²) in [4.78, 5) is 2.44. The Balaban J connectivity index is 2.33. The molecule has 3 heteroatoms. The number of hydrogen-bond donors (Lipinski definition) is 1. The Bertz CT molecular complexity index is 253. The molecule has 1 fully saturated rings. The summed E-state index contributed by atoms with van der Waals surface area (Å²) in [6.07, 6.45) is 7.41. The zero-order valence-corrected chi connectivity index (χ0v) is 11.6. The standard InChI is InChI=1S/C14H27N3/c1-4-10-16-14(2,12-15)9-11-17(3)13-7-5-6-8-13/h13,16H,4-11H2,1-3H3. The van der Waals surface area contributed by atoms with Crippen molar-refractivity contribution in [1.82, 2.24) is 10.2 Å². The Morgan fingerprint density at radius 1 is 1.41 bits per heavy atom. The van der Waals surface area contributed by atoms with Crippen LogP contribution in [0.3, 0.4) is 0 Å². The minimum atomic E-state index is -0.358. The molecule has 0 spiro atoms. The Morgan fingerprint density at radius 3 is 2.59 bits per heavy atom. The Labute approximate surface area is 106 Å². The molecule has 1 unspecified atom stereocenters. The Hall–Kier alpha value is -0.590. The molecule has 0 aromatic heterocycles. The van der Waals surface area contributed by atoms with Crippen LogP contribution in [0.2, 0.25) is 0 Å². The number of nitrogens with one attached hydrogen (secondary N) is 1. The lowest BCUT2D eigenvalue weighted by atomic mass is 9.99. The van der Waals surface area contributed by atoms with Crippen molar-refractivity contribution in [2.24, 2.45) is 0 Å². The van der Waals surface area contributed by atoms with Crippen molar-refractivity contribution in [2.75, 3.05) is 20.1 Å². The third-order valence-corrected chi connectivity index (χ3v) is 3.92. The molecule has 1 saturated carbocycles. The molecule has 0 aromatic rings. The fraction of sp³-hybridized carbons (Fsp3) is 0.929. The second-order valence-electron chi connectivity index (χ2n) is 5.54. The van der Waals surface area contributed by atoms with Gasteiger partial charge in [-0.2, -0.15) is 5.26 Å². The minimum Gasteiger partial charge on any atom is -0.303 e. The first-order chi connectivity index (χ1) is 8.11. The second kappa shape index (κ2) is 6.98. The third kappa shape index (κ3) is 4.65. The second-order valence-corrected chi connectivity index (χ2v) is 5.54. The summed E-state index contributed by atoms with van der Waals surface area (Å²) in [7, 11) is 2.20. The van der Waals surface area contributed by atoms with Crippen LogP contribution >= 0.6 is 0 Å². The fourth-order valence-electron chi connectivity index (χ4n) is 2.51. The van der Waals surface area contributed by atoms with Gasteiger partial charge in [0.25, 0.3) is 0 Å². The molecule has 0 aliphatic heterocycles. The van der Waals surface area contributed by atoms with E-state index in [1.165, 1.54) is 25.7 Å². The smallest absolute Gasteiger partial charge is 0.105 e. The van der Waals surface area contributed by atoms with Crippen molar-refractivity contribution in [1.29, 1.82) is 5.26 Å². The van der Waals surface area contributed by atoms with Crippen LogP contribution in [0.25, 0.3) is 0 Å². The molecule has 1 atom stereocenters. The van der Waals surface area contributed by atoms with Crippen LogP contribution in [0.1, 0.15) is 52.4 Å². The Kier molecular flexibility index (Phi) is 5.94. The van der Waals surface area contributed by atoms with Crippen molar-refractivity contribution in [3.8, 4) is 6.07 Å². The highest BCUT2D eigenvalue weighted by molar-refractivity contribution is 5.04.